The van der Waals surface area contributed by atoms with Crippen molar-refractivity contribution in [3.63, 3.8) is 0 Å². The molecule has 6 nitrogen and oxygen atoms in total. The van der Waals surface area contributed by atoms with E-state index in [1.165, 1.54) is 16.5 Å². The summed E-state index contributed by atoms with van der Waals surface area (Å²) >= 11 is 6.54. The fraction of sp³-hybridized carbons (Fsp3) is 0.387. The van der Waals surface area contributed by atoms with Crippen LogP contribution in [0.2, 0.25) is 5.02 Å². The quantitative estimate of drug-likeness (QED) is 0.361. The van der Waals surface area contributed by atoms with Crippen molar-refractivity contribution >= 4 is 34.6 Å². The van der Waals surface area contributed by atoms with Gasteiger partial charge in [0.1, 0.15) is 11.6 Å². The zero-order valence-electron chi connectivity index (χ0n) is 22.5. The van der Waals surface area contributed by atoms with Gasteiger partial charge in [0, 0.05) is 37.3 Å². The van der Waals surface area contributed by atoms with E-state index < -0.39 is 11.4 Å². The number of rotatable bonds is 8. The number of carbonyl (C=O) groups excluding carboxylic acids is 1. The van der Waals surface area contributed by atoms with Crippen LogP contribution in [0.1, 0.15) is 42.9 Å². The van der Waals surface area contributed by atoms with Gasteiger partial charge in [-0.15, -0.1) is 0 Å². The number of hydrogen-bond acceptors (Lipinski definition) is 5. The zero-order valence-corrected chi connectivity index (χ0v) is 23.2. The van der Waals surface area contributed by atoms with Crippen LogP contribution < -0.4 is 19.9 Å². The number of amides is 1. The van der Waals surface area contributed by atoms with E-state index in [2.05, 4.69) is 29.3 Å². The second-order valence-corrected chi connectivity index (χ2v) is 10.9. The van der Waals surface area contributed by atoms with Crippen LogP contribution in [0.15, 0.2) is 54.6 Å². The number of aryl methyl sites for hydroxylation is 1. The van der Waals surface area contributed by atoms with Gasteiger partial charge in [-0.1, -0.05) is 36.7 Å². The Morgan fingerprint density at radius 1 is 1.05 bits per heavy atom. The minimum Gasteiger partial charge on any atom is -0.497 e. The molecule has 206 valence electrons. The van der Waals surface area contributed by atoms with Crippen LogP contribution in [0.4, 0.5) is 21.5 Å². The molecule has 2 aliphatic heterocycles. The molecular formula is C31H35ClFN3O3. The van der Waals surface area contributed by atoms with Gasteiger partial charge >= 0.3 is 0 Å². The average Bonchev–Trinajstić information content (AvgIpc) is 2.95. The first-order valence-corrected chi connectivity index (χ1v) is 13.9. The summed E-state index contributed by atoms with van der Waals surface area (Å²) in [6.45, 7) is 4.10. The molecule has 1 fully saturated rings. The summed E-state index contributed by atoms with van der Waals surface area (Å²) < 4.78 is 20.4. The number of nitrogens with one attached hydrogen (secondary N) is 1. The summed E-state index contributed by atoms with van der Waals surface area (Å²) in [6, 6.07) is 16.7. The topological polar surface area (TPSA) is 65.0 Å². The minimum absolute atomic E-state index is 0.106. The van der Waals surface area contributed by atoms with E-state index >= 15 is 4.39 Å². The zero-order chi connectivity index (χ0) is 27.6. The van der Waals surface area contributed by atoms with Gasteiger partial charge in [-0.25, -0.2) is 4.39 Å². The summed E-state index contributed by atoms with van der Waals surface area (Å²) in [6.07, 6.45) is 2.85. The van der Waals surface area contributed by atoms with Crippen LogP contribution in [0.3, 0.4) is 0 Å². The highest BCUT2D eigenvalue weighted by atomic mass is 35.5. The predicted molar refractivity (Wildman–Crippen MR) is 155 cm³/mol. The van der Waals surface area contributed by atoms with E-state index in [4.69, 9.17) is 16.3 Å². The number of halogens is 2. The molecule has 0 saturated carbocycles. The van der Waals surface area contributed by atoms with E-state index in [-0.39, 0.29) is 12.5 Å². The minimum atomic E-state index is -0.902. The van der Waals surface area contributed by atoms with Crippen LogP contribution in [-0.4, -0.2) is 43.4 Å². The summed E-state index contributed by atoms with van der Waals surface area (Å²) in [5, 5.41) is 15.5. The molecule has 3 aromatic carbocycles. The third kappa shape index (κ3) is 5.85. The largest absolute Gasteiger partial charge is 0.497 e. The van der Waals surface area contributed by atoms with E-state index in [0.717, 1.165) is 39.7 Å². The summed E-state index contributed by atoms with van der Waals surface area (Å²) in [5.74, 6) is 0.198. The second-order valence-electron chi connectivity index (χ2n) is 10.5. The Balaban J connectivity index is 1.28. The Labute approximate surface area is 234 Å². The van der Waals surface area contributed by atoms with Crippen molar-refractivity contribution in [3.8, 4) is 5.75 Å². The lowest BCUT2D eigenvalue weighted by molar-refractivity contribution is -0.119. The number of fused-ring (bicyclic) bond motifs is 1. The van der Waals surface area contributed by atoms with Crippen molar-refractivity contribution in [2.24, 2.45) is 0 Å². The monoisotopic (exact) mass is 551 g/mol. The summed E-state index contributed by atoms with van der Waals surface area (Å²) in [5.41, 5.74) is 4.03. The van der Waals surface area contributed by atoms with Gasteiger partial charge in [0.2, 0.25) is 5.91 Å². The lowest BCUT2D eigenvalue weighted by Crippen LogP contribution is -2.48. The highest BCUT2D eigenvalue weighted by Gasteiger charge is 2.34. The average molecular weight is 552 g/mol. The number of piperidine rings is 1. The molecule has 0 spiro atoms. The Bertz CT molecular complexity index is 1340. The van der Waals surface area contributed by atoms with Crippen molar-refractivity contribution in [2.45, 2.75) is 51.2 Å². The van der Waals surface area contributed by atoms with Gasteiger partial charge < -0.3 is 25.0 Å². The molecule has 0 unspecified atom stereocenters. The number of ether oxygens (including phenoxy) is 1. The molecule has 1 saturated heterocycles. The van der Waals surface area contributed by atoms with Crippen molar-refractivity contribution in [2.75, 3.05) is 41.9 Å². The molecule has 0 aliphatic carbocycles. The SMILES string of the molecule is CCc1ccc(N2CCC(O)(CNc3ccc(F)c4c3CCC(=O)N4Cc3ccc(OC)cc3)CC2)c(Cl)c1. The van der Waals surface area contributed by atoms with E-state index in [1.54, 1.807) is 13.2 Å². The van der Waals surface area contributed by atoms with Crippen molar-refractivity contribution in [1.82, 2.24) is 0 Å². The molecule has 1 amide bonds. The third-order valence-electron chi connectivity index (χ3n) is 7.96. The Morgan fingerprint density at radius 2 is 1.77 bits per heavy atom. The molecule has 2 aliphatic rings. The van der Waals surface area contributed by atoms with Gasteiger partial charge in [-0.05, 0) is 73.2 Å². The molecule has 0 aromatic heterocycles. The smallest absolute Gasteiger partial charge is 0.227 e. The van der Waals surface area contributed by atoms with Crippen LogP contribution in [0.25, 0.3) is 0 Å². The predicted octanol–water partition coefficient (Wildman–Crippen LogP) is 5.97. The molecule has 8 heteroatoms. The van der Waals surface area contributed by atoms with Crippen LogP contribution in [0.5, 0.6) is 5.75 Å². The Morgan fingerprint density at radius 3 is 2.44 bits per heavy atom. The van der Waals surface area contributed by atoms with E-state index in [9.17, 15) is 9.90 Å². The lowest BCUT2D eigenvalue weighted by atomic mass is 9.90. The highest BCUT2D eigenvalue weighted by molar-refractivity contribution is 6.33. The van der Waals surface area contributed by atoms with Crippen LogP contribution in [0, 0.1) is 5.82 Å². The van der Waals surface area contributed by atoms with E-state index in [0.29, 0.717) is 51.0 Å². The van der Waals surface area contributed by atoms with Gasteiger partial charge in [0.05, 0.1) is 35.7 Å². The maximum atomic E-state index is 15.1. The number of nitrogens with zero attached hydrogens (tertiary/aromatic N) is 2. The molecular weight excluding hydrogens is 517 g/mol. The van der Waals surface area contributed by atoms with Gasteiger partial charge in [0.25, 0.3) is 0 Å². The number of aliphatic hydroxyl groups is 1. The third-order valence-corrected chi connectivity index (χ3v) is 8.26. The van der Waals surface area contributed by atoms with Gasteiger partial charge in [-0.2, -0.15) is 0 Å². The first kappa shape index (κ1) is 27.3. The van der Waals surface area contributed by atoms with Gasteiger partial charge in [-0.3, -0.25) is 4.79 Å². The van der Waals surface area contributed by atoms with Crippen molar-refractivity contribution in [1.29, 1.82) is 0 Å². The lowest BCUT2D eigenvalue weighted by Gasteiger charge is -2.40. The van der Waals surface area contributed by atoms with Gasteiger partial charge in [0.15, 0.2) is 0 Å². The molecule has 3 aromatic rings. The standard InChI is InChI=1S/C31H35ClFN3O3/c1-3-21-6-12-28(25(32)18-21)35-16-14-31(38,15-17-35)20-34-27-11-10-26(33)30-24(27)9-13-29(37)36(30)19-22-4-7-23(39-2)8-5-22/h4-8,10-12,18,34,38H,3,9,13-17,19-20H2,1-2H3. The first-order valence-electron chi connectivity index (χ1n) is 13.5. The normalized spacial score (nSPS) is 16.7. The van der Waals surface area contributed by atoms with Crippen molar-refractivity contribution in [3.05, 3.63) is 82.1 Å². The Kier molecular flexibility index (Phi) is 8.01. The maximum Gasteiger partial charge on any atom is 0.227 e. The number of carbonyl (C=O) groups is 1. The molecule has 2 N–H and O–H groups in total. The second kappa shape index (κ2) is 11.4. The molecule has 39 heavy (non-hydrogen) atoms. The molecule has 0 radical (unpaired) electrons. The van der Waals surface area contributed by atoms with E-state index in [1.807, 2.05) is 30.3 Å². The fourth-order valence-electron chi connectivity index (χ4n) is 5.52. The molecule has 0 atom stereocenters. The van der Waals surface area contributed by atoms with Crippen LogP contribution >= 0.6 is 11.6 Å². The maximum absolute atomic E-state index is 15.1. The molecule has 5 rings (SSSR count). The van der Waals surface area contributed by atoms with Crippen molar-refractivity contribution < 1.29 is 19.0 Å². The molecule has 2 heterocycles. The summed E-state index contributed by atoms with van der Waals surface area (Å²) in [4.78, 5) is 16.6. The highest BCUT2D eigenvalue weighted by Crippen LogP contribution is 2.38. The molecule has 0 bridgehead atoms. The number of benzene rings is 3. The first-order chi connectivity index (χ1) is 18.8. The number of hydrogen-bond donors (Lipinski definition) is 2. The Hall–Kier alpha value is -3.29. The summed E-state index contributed by atoms with van der Waals surface area (Å²) in [7, 11) is 1.60. The van der Waals surface area contributed by atoms with Crippen LogP contribution in [-0.2, 0) is 24.2 Å². The fourth-order valence-corrected chi connectivity index (χ4v) is 5.84. The number of anilines is 3. The number of methoxy groups -OCH3 is 1.